The lowest BCUT2D eigenvalue weighted by atomic mass is 9.82. The molecule has 0 unspecified atom stereocenters. The lowest BCUT2D eigenvalue weighted by molar-refractivity contribution is -0.187. The van der Waals surface area contributed by atoms with Crippen molar-refractivity contribution in [2.45, 2.75) is 51.2 Å². The molecule has 3 aliphatic heterocycles. The van der Waals surface area contributed by atoms with Crippen molar-refractivity contribution in [3.63, 3.8) is 0 Å². The second-order valence-corrected chi connectivity index (χ2v) is 8.68. The molecule has 4 rings (SSSR count). The predicted molar refractivity (Wildman–Crippen MR) is 108 cm³/mol. The summed E-state index contributed by atoms with van der Waals surface area (Å²) in [5, 5.41) is 0. The third kappa shape index (κ3) is 3.85. The number of anilines is 1. The third-order valence-electron chi connectivity index (χ3n) is 6.55. The fraction of sp³-hybridized carbons (Fsp3) is 0.636. The fourth-order valence-corrected chi connectivity index (χ4v) is 4.12. The number of carbonyl (C=O) groups excluding carboxylic acids is 2. The van der Waals surface area contributed by atoms with Crippen molar-refractivity contribution in [2.24, 2.45) is 0 Å². The van der Waals surface area contributed by atoms with Gasteiger partial charge >= 0.3 is 0 Å². The molecule has 29 heavy (non-hydrogen) atoms. The maximum absolute atomic E-state index is 13.0. The molecule has 7 heteroatoms. The summed E-state index contributed by atoms with van der Waals surface area (Å²) in [7, 11) is 0. The molecule has 0 aliphatic carbocycles. The summed E-state index contributed by atoms with van der Waals surface area (Å²) in [6.45, 7) is 8.86. The van der Waals surface area contributed by atoms with E-state index in [1.807, 2.05) is 18.2 Å². The van der Waals surface area contributed by atoms with E-state index in [2.05, 4.69) is 20.8 Å². The van der Waals surface area contributed by atoms with Crippen LogP contribution in [0.25, 0.3) is 0 Å². The zero-order valence-electron chi connectivity index (χ0n) is 17.5. The molecule has 3 aliphatic rings. The number of nitrogens with zero attached hydrogens (tertiary/aromatic N) is 2. The zero-order chi connectivity index (χ0) is 20.6. The van der Waals surface area contributed by atoms with Crippen molar-refractivity contribution in [1.29, 1.82) is 0 Å². The Balaban J connectivity index is 1.49. The first-order valence-electron chi connectivity index (χ1n) is 10.5. The molecule has 0 radical (unpaired) electrons. The molecule has 1 aromatic carbocycles. The lowest BCUT2D eigenvalue weighted by Crippen LogP contribution is -2.51. The summed E-state index contributed by atoms with van der Waals surface area (Å²) in [6.07, 6.45) is 2.31. The van der Waals surface area contributed by atoms with E-state index >= 15 is 0 Å². The molecule has 1 aromatic rings. The molecule has 3 heterocycles. The number of carbonyl (C=O) groups is 2. The van der Waals surface area contributed by atoms with E-state index in [1.165, 1.54) is 0 Å². The fourth-order valence-electron chi connectivity index (χ4n) is 4.12. The van der Waals surface area contributed by atoms with Crippen molar-refractivity contribution in [1.82, 2.24) is 4.90 Å². The van der Waals surface area contributed by atoms with Gasteiger partial charge in [0.2, 0.25) is 5.91 Å². The van der Waals surface area contributed by atoms with E-state index < -0.39 is 5.79 Å². The molecule has 2 amide bonds. The number of fused-ring (bicyclic) bond motifs is 1. The summed E-state index contributed by atoms with van der Waals surface area (Å²) in [4.78, 5) is 28.9. The number of rotatable bonds is 4. The van der Waals surface area contributed by atoms with Crippen LogP contribution in [-0.4, -0.2) is 62.0 Å². The molecule has 0 aromatic heterocycles. The van der Waals surface area contributed by atoms with Gasteiger partial charge in [-0.05, 0) is 29.5 Å². The van der Waals surface area contributed by atoms with Gasteiger partial charge in [-0.2, -0.15) is 0 Å². The summed E-state index contributed by atoms with van der Waals surface area (Å²) < 4.78 is 17.1. The highest BCUT2D eigenvalue weighted by Crippen LogP contribution is 2.38. The van der Waals surface area contributed by atoms with Gasteiger partial charge in [0.05, 0.1) is 18.9 Å². The molecule has 2 saturated heterocycles. The summed E-state index contributed by atoms with van der Waals surface area (Å²) in [5.41, 5.74) is 1.79. The predicted octanol–water partition coefficient (Wildman–Crippen LogP) is 2.47. The van der Waals surface area contributed by atoms with Crippen molar-refractivity contribution >= 4 is 17.5 Å². The number of benzene rings is 1. The van der Waals surface area contributed by atoms with E-state index in [-0.39, 0.29) is 30.4 Å². The Morgan fingerprint density at radius 2 is 1.86 bits per heavy atom. The van der Waals surface area contributed by atoms with Crippen molar-refractivity contribution < 1.29 is 23.8 Å². The number of piperidine rings is 1. The Labute approximate surface area is 171 Å². The van der Waals surface area contributed by atoms with Crippen LogP contribution >= 0.6 is 0 Å². The van der Waals surface area contributed by atoms with Gasteiger partial charge < -0.3 is 19.1 Å². The quantitative estimate of drug-likeness (QED) is 0.774. The van der Waals surface area contributed by atoms with Crippen LogP contribution in [0, 0.1) is 0 Å². The minimum atomic E-state index is -0.515. The highest BCUT2D eigenvalue weighted by Gasteiger charge is 2.41. The first-order chi connectivity index (χ1) is 13.8. The maximum Gasteiger partial charge on any atom is 0.265 e. The Hall–Kier alpha value is -2.12. The highest BCUT2D eigenvalue weighted by molar-refractivity contribution is 6.02. The monoisotopic (exact) mass is 402 g/mol. The molecule has 1 spiro atoms. The highest BCUT2D eigenvalue weighted by atomic mass is 16.7. The second-order valence-electron chi connectivity index (χ2n) is 8.68. The first-order valence-corrected chi connectivity index (χ1v) is 10.5. The van der Waals surface area contributed by atoms with Crippen LogP contribution in [0.4, 0.5) is 5.69 Å². The van der Waals surface area contributed by atoms with E-state index in [0.717, 1.165) is 12.0 Å². The van der Waals surface area contributed by atoms with Gasteiger partial charge in [-0.3, -0.25) is 14.5 Å². The van der Waals surface area contributed by atoms with Crippen LogP contribution in [0.2, 0.25) is 0 Å². The van der Waals surface area contributed by atoms with Crippen molar-refractivity contribution in [3.8, 4) is 5.75 Å². The molecule has 0 N–H and O–H groups in total. The molecule has 0 atom stereocenters. The standard InChI is InChI=1S/C22H30N2O5/c1-4-21(2,3)16-5-6-18-17(13-16)24(20(26)15-27-18)14-19(25)23-9-7-22(8-10-23)28-11-12-29-22/h5-6,13H,4,7-12,14-15H2,1-3H3. The molecule has 0 bridgehead atoms. The van der Waals surface area contributed by atoms with E-state index in [9.17, 15) is 9.59 Å². The van der Waals surface area contributed by atoms with Crippen LogP contribution in [0.15, 0.2) is 18.2 Å². The summed E-state index contributed by atoms with van der Waals surface area (Å²) in [6, 6.07) is 5.95. The van der Waals surface area contributed by atoms with Crippen molar-refractivity contribution in [2.75, 3.05) is 44.4 Å². The second kappa shape index (κ2) is 7.61. The minimum Gasteiger partial charge on any atom is -0.482 e. The van der Waals surface area contributed by atoms with Gasteiger partial charge in [0.1, 0.15) is 12.3 Å². The van der Waals surface area contributed by atoms with Gasteiger partial charge in [-0.25, -0.2) is 0 Å². The number of amides is 2. The van der Waals surface area contributed by atoms with Crippen LogP contribution in [-0.2, 0) is 24.5 Å². The molecule has 0 saturated carbocycles. The summed E-state index contributed by atoms with van der Waals surface area (Å²) >= 11 is 0. The van der Waals surface area contributed by atoms with Crippen molar-refractivity contribution in [3.05, 3.63) is 23.8 Å². The van der Waals surface area contributed by atoms with Gasteiger partial charge in [-0.15, -0.1) is 0 Å². The molecule has 2 fully saturated rings. The van der Waals surface area contributed by atoms with Gasteiger partial charge in [-0.1, -0.05) is 26.8 Å². The lowest BCUT2D eigenvalue weighted by Gasteiger charge is -2.38. The van der Waals surface area contributed by atoms with E-state index in [1.54, 1.807) is 9.80 Å². The molecule has 158 valence electrons. The Kier molecular flexibility index (Phi) is 5.29. The van der Waals surface area contributed by atoms with E-state index in [0.29, 0.717) is 50.6 Å². The van der Waals surface area contributed by atoms with Crippen LogP contribution in [0.3, 0.4) is 0 Å². The van der Waals surface area contributed by atoms with Crippen LogP contribution in [0.5, 0.6) is 5.75 Å². The van der Waals surface area contributed by atoms with Gasteiger partial charge in [0, 0.05) is 25.9 Å². The van der Waals surface area contributed by atoms with Crippen LogP contribution < -0.4 is 9.64 Å². The SMILES string of the molecule is CCC(C)(C)c1ccc2c(c1)N(CC(=O)N1CCC3(CC1)OCCO3)C(=O)CO2. The topological polar surface area (TPSA) is 68.3 Å². The van der Waals surface area contributed by atoms with Gasteiger partial charge in [0.25, 0.3) is 5.91 Å². The largest absolute Gasteiger partial charge is 0.482 e. The Morgan fingerprint density at radius 3 is 2.52 bits per heavy atom. The smallest absolute Gasteiger partial charge is 0.265 e. The Bertz CT molecular complexity index is 790. The average Bonchev–Trinajstić information content (AvgIpc) is 3.18. The van der Waals surface area contributed by atoms with Gasteiger partial charge in [0.15, 0.2) is 12.4 Å². The normalized spacial score (nSPS) is 21.3. The number of hydrogen-bond acceptors (Lipinski definition) is 5. The first kappa shape index (κ1) is 20.2. The minimum absolute atomic E-state index is 0.0202. The summed E-state index contributed by atoms with van der Waals surface area (Å²) in [5.74, 6) is -0.107. The number of hydrogen-bond donors (Lipinski definition) is 0. The number of ether oxygens (including phenoxy) is 3. The third-order valence-corrected chi connectivity index (χ3v) is 6.55. The van der Waals surface area contributed by atoms with E-state index in [4.69, 9.17) is 14.2 Å². The zero-order valence-corrected chi connectivity index (χ0v) is 17.5. The number of likely N-dealkylation sites (tertiary alicyclic amines) is 1. The molecular weight excluding hydrogens is 372 g/mol. The Morgan fingerprint density at radius 1 is 1.17 bits per heavy atom. The molecular formula is C22H30N2O5. The average molecular weight is 402 g/mol. The molecule has 7 nitrogen and oxygen atoms in total. The van der Waals surface area contributed by atoms with Crippen LogP contribution in [0.1, 0.15) is 45.6 Å². The maximum atomic E-state index is 13.0.